The van der Waals surface area contributed by atoms with E-state index in [1.807, 2.05) is 0 Å². The van der Waals surface area contributed by atoms with Crippen molar-refractivity contribution in [1.29, 1.82) is 0 Å². The molecule has 2 unspecified atom stereocenters. The highest BCUT2D eigenvalue weighted by atomic mass is 16.3. The predicted octanol–water partition coefficient (Wildman–Crippen LogP) is 1.53. The lowest BCUT2D eigenvalue weighted by Crippen LogP contribution is -2.61. The Labute approximate surface area is 99.3 Å². The van der Waals surface area contributed by atoms with Crippen LogP contribution in [0.3, 0.4) is 0 Å². The molecule has 0 bridgehead atoms. The minimum atomic E-state index is -0.162. The maximum atomic E-state index is 9.64. The van der Waals surface area contributed by atoms with E-state index in [0.29, 0.717) is 6.04 Å². The molecular weight excluding hydrogens is 202 g/mol. The van der Waals surface area contributed by atoms with Crippen LogP contribution < -0.4 is 5.32 Å². The van der Waals surface area contributed by atoms with Gasteiger partial charge in [-0.2, -0.15) is 0 Å². The minimum absolute atomic E-state index is 0.00700. The Morgan fingerprint density at radius 2 is 2.00 bits per heavy atom. The number of hydrogen-bond donors (Lipinski definition) is 3. The summed E-state index contributed by atoms with van der Waals surface area (Å²) in [6.07, 6.45) is 2.60. The average Bonchev–Trinajstić information content (AvgIpc) is 2.21. The van der Waals surface area contributed by atoms with Gasteiger partial charge in [-0.1, -0.05) is 27.7 Å². The highest BCUT2D eigenvalue weighted by molar-refractivity contribution is 5.02. The first-order valence-electron chi connectivity index (χ1n) is 6.32. The second kappa shape index (κ2) is 5.03. The maximum Gasteiger partial charge on any atom is 0.0621 e. The van der Waals surface area contributed by atoms with Gasteiger partial charge in [0.1, 0.15) is 0 Å². The van der Waals surface area contributed by atoms with Crippen LogP contribution in [0.5, 0.6) is 0 Å². The molecule has 16 heavy (non-hydrogen) atoms. The fourth-order valence-corrected chi connectivity index (χ4v) is 2.29. The van der Waals surface area contributed by atoms with Crippen molar-refractivity contribution in [3.05, 3.63) is 0 Å². The number of nitrogens with one attached hydrogen (secondary N) is 1. The van der Waals surface area contributed by atoms with Gasteiger partial charge in [-0.3, -0.25) is 0 Å². The standard InChI is InChI=1S/C13H27NO2/c1-12(2,6-5-7-15)9-14-10-8-11(16)13(10,3)4/h10-11,14-16H,5-9H2,1-4H3. The van der Waals surface area contributed by atoms with E-state index in [9.17, 15) is 5.11 Å². The molecule has 0 aromatic heterocycles. The molecular formula is C13H27NO2. The minimum Gasteiger partial charge on any atom is -0.396 e. The van der Waals surface area contributed by atoms with Crippen molar-refractivity contribution in [2.75, 3.05) is 13.2 Å². The Morgan fingerprint density at radius 1 is 1.38 bits per heavy atom. The van der Waals surface area contributed by atoms with E-state index in [2.05, 4.69) is 33.0 Å². The largest absolute Gasteiger partial charge is 0.396 e. The lowest BCUT2D eigenvalue weighted by atomic mass is 9.64. The first kappa shape index (κ1) is 13.9. The quantitative estimate of drug-likeness (QED) is 0.647. The molecule has 96 valence electrons. The molecule has 0 spiro atoms. The van der Waals surface area contributed by atoms with Gasteiger partial charge in [-0.15, -0.1) is 0 Å². The summed E-state index contributed by atoms with van der Waals surface area (Å²) in [6, 6.07) is 0.427. The average molecular weight is 229 g/mol. The van der Waals surface area contributed by atoms with Crippen LogP contribution in [0.2, 0.25) is 0 Å². The van der Waals surface area contributed by atoms with Crippen molar-refractivity contribution in [3.8, 4) is 0 Å². The highest BCUT2D eigenvalue weighted by Crippen LogP contribution is 2.40. The highest BCUT2D eigenvalue weighted by Gasteiger charge is 2.47. The first-order chi connectivity index (χ1) is 7.29. The first-order valence-corrected chi connectivity index (χ1v) is 6.32. The third-order valence-corrected chi connectivity index (χ3v) is 4.05. The van der Waals surface area contributed by atoms with E-state index in [0.717, 1.165) is 25.8 Å². The summed E-state index contributed by atoms with van der Waals surface area (Å²) in [7, 11) is 0. The summed E-state index contributed by atoms with van der Waals surface area (Å²) in [5.74, 6) is 0. The third kappa shape index (κ3) is 3.19. The van der Waals surface area contributed by atoms with Crippen LogP contribution in [0.15, 0.2) is 0 Å². The van der Waals surface area contributed by atoms with Crippen LogP contribution in [-0.2, 0) is 0 Å². The SMILES string of the molecule is CC(C)(CCCO)CNC1CC(O)C1(C)C. The summed E-state index contributed by atoms with van der Waals surface area (Å²) in [5, 5.41) is 22.0. The van der Waals surface area contributed by atoms with E-state index in [1.54, 1.807) is 0 Å². The molecule has 0 amide bonds. The second-order valence-corrected chi connectivity index (χ2v) is 6.50. The molecule has 0 heterocycles. The number of aliphatic hydroxyl groups excluding tert-OH is 2. The van der Waals surface area contributed by atoms with Gasteiger partial charge in [0.05, 0.1) is 6.10 Å². The molecule has 2 atom stereocenters. The van der Waals surface area contributed by atoms with E-state index in [4.69, 9.17) is 5.11 Å². The Bertz CT molecular complexity index is 226. The van der Waals surface area contributed by atoms with E-state index in [1.165, 1.54) is 0 Å². The monoisotopic (exact) mass is 229 g/mol. The Balaban J connectivity index is 2.29. The zero-order chi connectivity index (χ0) is 12.4. The molecule has 3 N–H and O–H groups in total. The van der Waals surface area contributed by atoms with Crippen molar-refractivity contribution in [2.24, 2.45) is 10.8 Å². The van der Waals surface area contributed by atoms with Crippen LogP contribution in [0.1, 0.15) is 47.0 Å². The Morgan fingerprint density at radius 3 is 2.44 bits per heavy atom. The van der Waals surface area contributed by atoms with Gasteiger partial charge in [0, 0.05) is 24.6 Å². The van der Waals surface area contributed by atoms with Crippen LogP contribution in [0.4, 0.5) is 0 Å². The lowest BCUT2D eigenvalue weighted by molar-refractivity contribution is -0.0747. The summed E-state index contributed by atoms with van der Waals surface area (Å²) in [4.78, 5) is 0. The van der Waals surface area contributed by atoms with Gasteiger partial charge in [0.25, 0.3) is 0 Å². The second-order valence-electron chi connectivity index (χ2n) is 6.50. The summed E-state index contributed by atoms with van der Waals surface area (Å²) < 4.78 is 0. The van der Waals surface area contributed by atoms with Gasteiger partial charge in [-0.25, -0.2) is 0 Å². The smallest absolute Gasteiger partial charge is 0.0621 e. The summed E-state index contributed by atoms with van der Waals surface area (Å²) in [5.41, 5.74) is 0.229. The molecule has 0 radical (unpaired) electrons. The van der Waals surface area contributed by atoms with Crippen molar-refractivity contribution >= 4 is 0 Å². The Kier molecular flexibility index (Phi) is 4.38. The van der Waals surface area contributed by atoms with E-state index in [-0.39, 0.29) is 23.5 Å². The predicted molar refractivity (Wildman–Crippen MR) is 66.3 cm³/mol. The number of hydrogen-bond acceptors (Lipinski definition) is 3. The molecule has 3 heteroatoms. The van der Waals surface area contributed by atoms with Crippen molar-refractivity contribution < 1.29 is 10.2 Å². The molecule has 1 fully saturated rings. The molecule has 0 saturated heterocycles. The van der Waals surface area contributed by atoms with Crippen LogP contribution in [-0.4, -0.2) is 35.5 Å². The third-order valence-electron chi connectivity index (χ3n) is 4.05. The van der Waals surface area contributed by atoms with Crippen molar-refractivity contribution in [2.45, 2.75) is 59.1 Å². The zero-order valence-electron chi connectivity index (χ0n) is 11.1. The van der Waals surface area contributed by atoms with E-state index < -0.39 is 0 Å². The number of rotatable bonds is 6. The van der Waals surface area contributed by atoms with Crippen LogP contribution >= 0.6 is 0 Å². The molecule has 1 rings (SSSR count). The molecule has 0 aromatic carbocycles. The van der Waals surface area contributed by atoms with Crippen LogP contribution in [0.25, 0.3) is 0 Å². The van der Waals surface area contributed by atoms with Gasteiger partial charge < -0.3 is 15.5 Å². The number of aliphatic hydroxyl groups is 2. The molecule has 1 aliphatic carbocycles. The topological polar surface area (TPSA) is 52.5 Å². The van der Waals surface area contributed by atoms with Crippen molar-refractivity contribution in [1.82, 2.24) is 5.32 Å². The zero-order valence-corrected chi connectivity index (χ0v) is 11.1. The van der Waals surface area contributed by atoms with Gasteiger partial charge in [-0.05, 0) is 24.7 Å². The fourth-order valence-electron chi connectivity index (χ4n) is 2.29. The summed E-state index contributed by atoms with van der Waals surface area (Å²) >= 11 is 0. The lowest BCUT2D eigenvalue weighted by Gasteiger charge is -2.50. The molecule has 0 aromatic rings. The molecule has 3 nitrogen and oxygen atoms in total. The normalized spacial score (nSPS) is 28.9. The van der Waals surface area contributed by atoms with Gasteiger partial charge >= 0.3 is 0 Å². The summed E-state index contributed by atoms with van der Waals surface area (Å²) in [6.45, 7) is 9.89. The molecule has 1 saturated carbocycles. The van der Waals surface area contributed by atoms with Crippen LogP contribution in [0, 0.1) is 10.8 Å². The maximum absolute atomic E-state index is 9.64. The fraction of sp³-hybridized carbons (Fsp3) is 1.00. The van der Waals surface area contributed by atoms with E-state index >= 15 is 0 Å². The van der Waals surface area contributed by atoms with Gasteiger partial charge in [0.15, 0.2) is 0 Å². The Hall–Kier alpha value is -0.120. The molecule has 0 aliphatic heterocycles. The molecule has 1 aliphatic rings. The van der Waals surface area contributed by atoms with Gasteiger partial charge in [0.2, 0.25) is 0 Å². The van der Waals surface area contributed by atoms with Crippen molar-refractivity contribution in [3.63, 3.8) is 0 Å².